The van der Waals surface area contributed by atoms with Gasteiger partial charge in [-0.25, -0.2) is 0 Å². The van der Waals surface area contributed by atoms with Crippen molar-refractivity contribution in [3.63, 3.8) is 0 Å². The van der Waals surface area contributed by atoms with Crippen LogP contribution in [0.15, 0.2) is 127 Å². The Hall–Kier alpha value is -5.06. The third-order valence-electron chi connectivity index (χ3n) is 10.7. The Morgan fingerprint density at radius 1 is 0.574 bits per heavy atom. The fourth-order valence-electron chi connectivity index (χ4n) is 8.29. The third-order valence-corrected chi connectivity index (χ3v) is 14.3. The second-order valence-electron chi connectivity index (χ2n) is 14.2. The summed E-state index contributed by atoms with van der Waals surface area (Å²) in [4.78, 5) is 2.47. The minimum absolute atomic E-state index is 0.103. The van der Waals surface area contributed by atoms with Crippen LogP contribution >= 0.6 is 0 Å². The van der Waals surface area contributed by atoms with E-state index in [2.05, 4.69) is 153 Å². The van der Waals surface area contributed by atoms with E-state index < -0.39 is 8.07 Å². The summed E-state index contributed by atoms with van der Waals surface area (Å²) < 4.78 is 0. The molecular formula is C43H41N3Si. The van der Waals surface area contributed by atoms with Crippen molar-refractivity contribution >= 4 is 46.9 Å². The predicted octanol–water partition coefficient (Wildman–Crippen LogP) is 9.22. The topological polar surface area (TPSA) is 55.3 Å². The molecule has 0 saturated carbocycles. The maximum absolute atomic E-state index is 6.78. The molecule has 0 unspecified atom stereocenters. The highest BCUT2D eigenvalue weighted by atomic mass is 28.3. The molecular weight excluding hydrogens is 587 g/mol. The number of nitrogen functional groups attached to an aromatic ring is 2. The van der Waals surface area contributed by atoms with Crippen LogP contribution < -0.4 is 26.7 Å². The number of benzene rings is 6. The Morgan fingerprint density at radius 2 is 1.13 bits per heavy atom. The van der Waals surface area contributed by atoms with Crippen LogP contribution in [0.3, 0.4) is 0 Å². The van der Waals surface area contributed by atoms with Gasteiger partial charge in [0.15, 0.2) is 0 Å². The normalized spacial score (nSPS) is 15.5. The Morgan fingerprint density at radius 3 is 1.77 bits per heavy atom. The average molecular weight is 628 g/mol. The lowest BCUT2D eigenvalue weighted by molar-refractivity contribution is 0.632. The van der Waals surface area contributed by atoms with E-state index in [1.165, 1.54) is 71.9 Å². The molecule has 3 nitrogen and oxygen atoms in total. The molecule has 0 aliphatic carbocycles. The summed E-state index contributed by atoms with van der Waals surface area (Å²) in [5.41, 5.74) is 28.5. The predicted molar refractivity (Wildman–Crippen MR) is 204 cm³/mol. The maximum atomic E-state index is 6.78. The summed E-state index contributed by atoms with van der Waals surface area (Å²) in [6, 6.07) is 47.0. The number of nitrogens with two attached hydrogens (primary N) is 2. The van der Waals surface area contributed by atoms with Gasteiger partial charge >= 0.3 is 0 Å². The molecule has 0 bridgehead atoms. The summed E-state index contributed by atoms with van der Waals surface area (Å²) in [5.74, 6) is 0. The van der Waals surface area contributed by atoms with Crippen LogP contribution in [-0.2, 0) is 18.3 Å². The van der Waals surface area contributed by atoms with Crippen molar-refractivity contribution in [1.29, 1.82) is 0 Å². The molecule has 4 N–H and O–H groups in total. The molecule has 47 heavy (non-hydrogen) atoms. The van der Waals surface area contributed by atoms with Crippen molar-refractivity contribution in [3.8, 4) is 22.3 Å². The fourth-order valence-corrected chi connectivity index (χ4v) is 11.4. The molecule has 232 valence electrons. The van der Waals surface area contributed by atoms with Gasteiger partial charge in [0.25, 0.3) is 0 Å². The highest BCUT2D eigenvalue weighted by Crippen LogP contribution is 2.52. The molecule has 0 aromatic heterocycles. The molecule has 8 rings (SSSR count). The van der Waals surface area contributed by atoms with Crippen LogP contribution in [-0.4, -0.2) is 8.07 Å². The maximum Gasteiger partial charge on any atom is 0.113 e. The van der Waals surface area contributed by atoms with E-state index in [-0.39, 0.29) is 5.41 Å². The average Bonchev–Trinajstić information content (AvgIpc) is 3.09. The van der Waals surface area contributed by atoms with Crippen LogP contribution in [0.25, 0.3) is 22.3 Å². The van der Waals surface area contributed by atoms with Crippen molar-refractivity contribution in [1.82, 2.24) is 0 Å². The number of anilines is 5. The van der Waals surface area contributed by atoms with Crippen molar-refractivity contribution in [2.45, 2.75) is 45.2 Å². The largest absolute Gasteiger partial charge is 0.399 e. The second kappa shape index (κ2) is 10.7. The molecule has 0 radical (unpaired) electrons. The number of fused-ring (bicyclic) bond motifs is 8. The first-order chi connectivity index (χ1) is 22.7. The van der Waals surface area contributed by atoms with Gasteiger partial charge in [0.2, 0.25) is 0 Å². The van der Waals surface area contributed by atoms with Gasteiger partial charge < -0.3 is 16.4 Å². The lowest BCUT2D eigenvalue weighted by Crippen LogP contribution is -2.54. The minimum Gasteiger partial charge on any atom is -0.399 e. The number of para-hydroxylation sites is 2. The molecule has 0 amide bonds. The Labute approximate surface area is 279 Å². The van der Waals surface area contributed by atoms with E-state index in [1.54, 1.807) is 0 Å². The van der Waals surface area contributed by atoms with Gasteiger partial charge in [-0.05, 0) is 104 Å². The standard InChI is InChI=1S/C43H41N3Si/c1-43(2)36-15-7-9-17-39(36)46(40-18-10-8-16-37(40)43)30-23-21-28-22-24-31-35(25-29(44)26-38(31)45)33-14-6-12-20-42(33)47(3,4)41-19-11-5-13-32(41)34(28)27-30/h5-21,23,25-27H,22,24,44-45H2,1-4H3. The summed E-state index contributed by atoms with van der Waals surface area (Å²) in [5, 5.41) is 2.84. The number of hydrogen-bond donors (Lipinski definition) is 2. The molecule has 4 heteroatoms. The molecule has 0 atom stereocenters. The first kappa shape index (κ1) is 29.3. The van der Waals surface area contributed by atoms with Crippen molar-refractivity contribution in [2.75, 3.05) is 16.4 Å². The quantitative estimate of drug-likeness (QED) is 0.141. The first-order valence-electron chi connectivity index (χ1n) is 16.7. The molecule has 2 aliphatic rings. The molecule has 0 saturated heterocycles. The van der Waals surface area contributed by atoms with E-state index in [0.717, 1.165) is 18.5 Å². The van der Waals surface area contributed by atoms with E-state index in [9.17, 15) is 0 Å². The number of rotatable bonds is 1. The summed E-state index contributed by atoms with van der Waals surface area (Å²) in [6.45, 7) is 9.66. The second-order valence-corrected chi connectivity index (χ2v) is 18.5. The number of hydrogen-bond acceptors (Lipinski definition) is 3. The molecule has 2 aliphatic heterocycles. The van der Waals surface area contributed by atoms with Crippen LogP contribution in [0.5, 0.6) is 0 Å². The van der Waals surface area contributed by atoms with Gasteiger partial charge in [0.1, 0.15) is 8.07 Å². The third kappa shape index (κ3) is 4.54. The van der Waals surface area contributed by atoms with E-state index in [4.69, 9.17) is 11.5 Å². The zero-order valence-corrected chi connectivity index (χ0v) is 28.6. The summed E-state index contributed by atoms with van der Waals surface area (Å²) in [6.07, 6.45) is 1.70. The zero-order chi connectivity index (χ0) is 32.5. The highest BCUT2D eigenvalue weighted by Gasteiger charge is 2.37. The Balaban J connectivity index is 1.40. The van der Waals surface area contributed by atoms with Gasteiger partial charge in [0, 0.05) is 22.5 Å². The van der Waals surface area contributed by atoms with E-state index in [1.807, 2.05) is 6.07 Å². The van der Waals surface area contributed by atoms with Crippen LogP contribution in [0.4, 0.5) is 28.4 Å². The van der Waals surface area contributed by atoms with Crippen molar-refractivity contribution in [3.05, 3.63) is 150 Å². The molecule has 6 aromatic carbocycles. The Kier molecular flexibility index (Phi) is 6.71. The van der Waals surface area contributed by atoms with Crippen molar-refractivity contribution < 1.29 is 0 Å². The number of aryl methyl sites for hydroxylation is 1. The fraction of sp³-hybridized carbons (Fsp3) is 0.163. The summed E-state index contributed by atoms with van der Waals surface area (Å²) in [7, 11) is -2.25. The monoisotopic (exact) mass is 627 g/mol. The molecule has 0 spiro atoms. The molecule has 2 heterocycles. The van der Waals surface area contributed by atoms with Gasteiger partial charge in [0.05, 0.1) is 11.4 Å². The smallest absolute Gasteiger partial charge is 0.113 e. The van der Waals surface area contributed by atoms with Crippen LogP contribution in [0.1, 0.15) is 36.1 Å². The zero-order valence-electron chi connectivity index (χ0n) is 27.6. The lowest BCUT2D eigenvalue weighted by Gasteiger charge is -2.42. The van der Waals surface area contributed by atoms with E-state index in [0.29, 0.717) is 5.69 Å². The molecule has 6 aromatic rings. The summed E-state index contributed by atoms with van der Waals surface area (Å²) >= 11 is 0. The SMILES string of the molecule is CC1(C)c2ccccc2N(c2ccc3c(c2)-c2ccccc2[Si](C)(C)c2ccccc2-c2cc(N)cc(N)c2CC3)c2ccccc21. The van der Waals surface area contributed by atoms with Crippen molar-refractivity contribution in [2.24, 2.45) is 0 Å². The van der Waals surface area contributed by atoms with Gasteiger partial charge in [-0.3, -0.25) is 0 Å². The minimum atomic E-state index is -2.25. The van der Waals surface area contributed by atoms with Gasteiger partial charge in [-0.1, -0.05) is 118 Å². The Bertz CT molecular complexity index is 2150. The lowest BCUT2D eigenvalue weighted by atomic mass is 9.73. The first-order valence-corrected chi connectivity index (χ1v) is 19.7. The van der Waals surface area contributed by atoms with Gasteiger partial charge in [-0.2, -0.15) is 0 Å². The van der Waals surface area contributed by atoms with Crippen LogP contribution in [0, 0.1) is 0 Å². The molecule has 0 fully saturated rings. The van der Waals surface area contributed by atoms with E-state index >= 15 is 0 Å². The highest BCUT2D eigenvalue weighted by molar-refractivity contribution is 7.02. The van der Waals surface area contributed by atoms with Gasteiger partial charge in [-0.15, -0.1) is 0 Å². The van der Waals surface area contributed by atoms with Crippen LogP contribution in [0.2, 0.25) is 13.1 Å². The number of nitrogens with zero attached hydrogens (tertiary/aromatic N) is 1.